The molecule has 0 saturated heterocycles. The van der Waals surface area contributed by atoms with Crippen molar-refractivity contribution in [1.29, 1.82) is 5.53 Å². The van der Waals surface area contributed by atoms with Crippen molar-refractivity contribution in [2.24, 2.45) is 10.3 Å². The van der Waals surface area contributed by atoms with Crippen LogP contribution in [0.3, 0.4) is 0 Å². The number of ether oxygens (including phenoxy) is 3. The molecule has 26 heteroatoms. The van der Waals surface area contributed by atoms with Gasteiger partial charge in [-0.3, -0.25) is 9.59 Å². The number of rotatable bonds is 4. The maximum atomic E-state index is 10.5. The highest BCUT2D eigenvalue weighted by Gasteiger charge is 2.18. The summed E-state index contributed by atoms with van der Waals surface area (Å²) in [5, 5.41) is 23.5. The van der Waals surface area contributed by atoms with Crippen molar-refractivity contribution in [1.82, 2.24) is 0 Å². The summed E-state index contributed by atoms with van der Waals surface area (Å²) in [7, 11) is -0.958. The van der Waals surface area contributed by atoms with Crippen LogP contribution in [0.15, 0.2) is 10.3 Å². The molecule has 0 aromatic rings. The molecule has 0 aliphatic heterocycles. The van der Waals surface area contributed by atoms with Crippen LogP contribution in [-0.2, 0) is 37.8 Å². The second-order valence-corrected chi connectivity index (χ2v) is 17.3. The first-order valence-electron chi connectivity index (χ1n) is 12.9. The predicted octanol–water partition coefficient (Wildman–Crippen LogP) is 11.4. The molecule has 0 aromatic carbocycles. The van der Waals surface area contributed by atoms with Crippen LogP contribution in [0.4, 0.5) is 0 Å². The summed E-state index contributed by atoms with van der Waals surface area (Å²) >= 11 is 7.67. The van der Waals surface area contributed by atoms with E-state index in [4.69, 9.17) is 24.8 Å². The van der Waals surface area contributed by atoms with Gasteiger partial charge in [0.25, 0.3) is 0 Å². The third kappa shape index (κ3) is 250. The van der Waals surface area contributed by atoms with Gasteiger partial charge in [-0.15, -0.1) is 32.8 Å². The Morgan fingerprint density at radius 1 is 0.661 bits per heavy atom. The highest BCUT2D eigenvalue weighted by atomic mass is 33.1. The van der Waals surface area contributed by atoms with Gasteiger partial charge in [0.15, 0.2) is 6.08 Å². The van der Waals surface area contributed by atoms with Crippen LogP contribution < -0.4 is 5.11 Å². The lowest BCUT2D eigenvalue weighted by molar-refractivity contribution is -0.260. The van der Waals surface area contributed by atoms with Gasteiger partial charge < -0.3 is 23.9 Å². The molecule has 56 heavy (non-hydrogen) atoms. The lowest BCUT2D eigenvalue weighted by Crippen LogP contribution is -2.31. The van der Waals surface area contributed by atoms with Gasteiger partial charge in [0.05, 0.1) is 0 Å². The smallest absolute Gasteiger partial charge is 0.303 e. The average Bonchev–Trinajstić information content (AvgIpc) is 2.77. The van der Waals surface area contributed by atoms with Crippen LogP contribution >= 0.6 is 153 Å². The van der Waals surface area contributed by atoms with E-state index in [1.54, 1.807) is 42.4 Å². The quantitative estimate of drug-likeness (QED) is 0.0261. The maximum absolute atomic E-state index is 10.5. The van der Waals surface area contributed by atoms with Gasteiger partial charge in [-0.25, -0.2) is 9.47 Å². The molecule has 0 heterocycles. The fraction of sp³-hybridized carbons (Fsp3) is 0.900. The topological polar surface area (TPSA) is 200 Å². The highest BCUT2D eigenvalue weighted by Crippen LogP contribution is 2.09. The van der Waals surface area contributed by atoms with Crippen LogP contribution in [0.25, 0.3) is 0 Å². The maximum Gasteiger partial charge on any atom is 0.303 e. The first-order chi connectivity index (χ1) is 18.9. The molecule has 0 saturated carbocycles. The summed E-state index contributed by atoms with van der Waals surface area (Å²) < 4.78 is 36.1. The molecule has 0 amide bonds. The van der Waals surface area contributed by atoms with E-state index >= 15 is 0 Å². The first kappa shape index (κ1) is 130. The average molecular weight is 1080 g/mol. The number of carbonyl (C=O) groups excluding carboxylic acids is 2. The molecule has 0 unspecified atom stereocenters. The lowest BCUT2D eigenvalue weighted by Gasteiger charge is -2.28. The van der Waals surface area contributed by atoms with Crippen molar-refractivity contribution in [3.8, 4) is 0 Å². The molecule has 0 radical (unpaired) electrons. The van der Waals surface area contributed by atoms with E-state index in [1.807, 2.05) is 55.4 Å². The minimum Gasteiger partial charge on any atom is -0.593 e. The molecule has 0 bridgehead atoms. The summed E-state index contributed by atoms with van der Waals surface area (Å²) in [5.41, 5.74) is 4.98. The number of hydrogen-bond acceptors (Lipinski definition) is 15. The molecule has 0 aliphatic carbocycles. The third-order valence-corrected chi connectivity index (χ3v) is 4.39. The molecule has 0 fully saturated rings. The first-order valence-corrected chi connectivity index (χ1v) is 19.6. The van der Waals surface area contributed by atoms with Crippen molar-refractivity contribution in [2.45, 2.75) is 158 Å². The van der Waals surface area contributed by atoms with Crippen molar-refractivity contribution < 1.29 is 47.3 Å². The molecule has 0 spiro atoms. The molecular formula is C30H96N3O10S13-. The molecule has 0 aliphatic rings. The Hall–Kier alpha value is 2.04. The van der Waals surface area contributed by atoms with Crippen LogP contribution in [-0.4, -0.2) is 72.9 Å². The normalized spacial score (nSPS) is 8.88. The van der Waals surface area contributed by atoms with E-state index in [0.29, 0.717) is 0 Å². The number of carbonyl (C=O) groups is 2. The summed E-state index contributed by atoms with van der Waals surface area (Å²) in [6.07, 6.45) is 0.969. The van der Waals surface area contributed by atoms with Gasteiger partial charge in [-0.2, -0.15) is 113 Å². The van der Waals surface area contributed by atoms with E-state index < -0.39 is 21.3 Å². The van der Waals surface area contributed by atoms with Crippen molar-refractivity contribution in [3.05, 3.63) is 0 Å². The second kappa shape index (κ2) is 74.5. The molecule has 0 atom stereocenters. The second-order valence-electron chi connectivity index (χ2n) is 10.7. The monoisotopic (exact) mass is 1070 g/mol. The zero-order valence-electron chi connectivity index (χ0n) is 33.1. The number of thiol groups is 2. The summed E-state index contributed by atoms with van der Waals surface area (Å²) in [6, 6.07) is 0. The SMILES string of the molecule is C.C.C.C.C.CC.CC(=O)OC(C)(C)C.CC(=O)OC(C)(C)C.CC(C)(C)OC([O-])=NN=N.CCSS.CCSS.CS(C)(=O)(O)OO.S.S.S.S.S.S.S.S. The van der Waals surface area contributed by atoms with Gasteiger partial charge in [0.1, 0.15) is 20.8 Å². The van der Waals surface area contributed by atoms with Crippen molar-refractivity contribution in [3.63, 3.8) is 0 Å². The Balaban J connectivity index is -0.0000000149. The largest absolute Gasteiger partial charge is 0.593 e. The van der Waals surface area contributed by atoms with Crippen LogP contribution in [0.5, 0.6) is 0 Å². The zero-order chi connectivity index (χ0) is 36.8. The van der Waals surface area contributed by atoms with Crippen LogP contribution in [0.2, 0.25) is 0 Å². The number of nitrogens with one attached hydrogen (secondary N) is 1. The molecule has 13 nitrogen and oxygen atoms in total. The summed E-state index contributed by atoms with van der Waals surface area (Å²) in [4.78, 5) is 20.5. The Morgan fingerprint density at radius 2 is 0.821 bits per heavy atom. The van der Waals surface area contributed by atoms with Crippen molar-refractivity contribution in [2.75, 3.05) is 24.0 Å². The lowest BCUT2D eigenvalue weighted by atomic mass is 10.2. The minimum absolute atomic E-state index is 0. The van der Waals surface area contributed by atoms with Gasteiger partial charge in [0.2, 0.25) is 0 Å². The fourth-order valence-electron chi connectivity index (χ4n) is 1.19. The molecule has 370 valence electrons. The Labute approximate surface area is 421 Å². The van der Waals surface area contributed by atoms with E-state index in [0.717, 1.165) is 24.0 Å². The van der Waals surface area contributed by atoms with E-state index in [-0.39, 0.29) is 168 Å². The summed E-state index contributed by atoms with van der Waals surface area (Å²) in [5.74, 6) is 1.75. The zero-order valence-corrected chi connectivity index (χ0v) is 45.3. The number of esters is 2. The number of nitrogens with zero attached hydrogens (tertiary/aromatic N) is 2. The highest BCUT2D eigenvalue weighted by molar-refractivity contribution is 8.68. The third-order valence-electron chi connectivity index (χ3n) is 1.90. The van der Waals surface area contributed by atoms with E-state index in [9.17, 15) is 18.9 Å². The van der Waals surface area contributed by atoms with E-state index in [1.165, 1.54) is 13.8 Å². The van der Waals surface area contributed by atoms with Gasteiger partial charge in [-0.1, -0.05) is 112 Å². The molecule has 3 N–H and O–H groups in total. The molecule has 0 rings (SSSR count). The Morgan fingerprint density at radius 3 is 0.875 bits per heavy atom. The minimum atomic E-state index is -4.06. The van der Waals surface area contributed by atoms with E-state index in [2.05, 4.69) is 56.6 Å². The Kier molecular flexibility index (Phi) is 174. The van der Waals surface area contributed by atoms with Gasteiger partial charge >= 0.3 is 11.9 Å². The Bertz CT molecular complexity index is 754. The summed E-state index contributed by atoms with van der Waals surface area (Å²) in [6.45, 7) is 27.1. The number of hydrogen-bond donors (Lipinski definition) is 5. The standard InChI is InChI=1S/2C6H12O2.C5H11N3O2.C2H8O4S.2C2H6S2.C2H6.5CH4.8H2S/c2*1-5(7)8-6(2,3)4;1-5(2,3)10-4(9)7-8-6;1-7(2,4,5)6-3;2*1-2-4-3;1-2;;;;;;;;;;;;;/h2*1-4H3;1-3H3,(H2,6,7,9);3H,1-2H3,(H,4,5);2*3H,2H2,1H3;1-2H3;5*1H4;8*1H2/p-1. The van der Waals surface area contributed by atoms with Crippen LogP contribution in [0, 0.1) is 5.53 Å². The van der Waals surface area contributed by atoms with Gasteiger partial charge in [0, 0.05) is 43.5 Å². The van der Waals surface area contributed by atoms with Crippen molar-refractivity contribution >= 4 is 181 Å². The fourth-order valence-corrected chi connectivity index (χ4v) is 1.19. The van der Waals surface area contributed by atoms with Crippen LogP contribution in [0.1, 0.15) is 141 Å². The predicted molar refractivity (Wildman–Crippen MR) is 305 cm³/mol. The van der Waals surface area contributed by atoms with Gasteiger partial charge in [-0.05, 0) is 41.5 Å². The molecule has 0 aromatic heterocycles. The molecular weight excluding hydrogens is 979 g/mol.